The van der Waals surface area contributed by atoms with Gasteiger partial charge in [0.2, 0.25) is 5.91 Å². The number of halogens is 1. The fraction of sp³-hybridized carbons (Fsp3) is 0.217. The highest BCUT2D eigenvalue weighted by molar-refractivity contribution is 5.93. The van der Waals surface area contributed by atoms with Crippen LogP contribution in [-0.4, -0.2) is 27.2 Å². The quantitative estimate of drug-likeness (QED) is 0.474. The number of rotatable bonds is 6. The Balaban J connectivity index is 1.67. The Morgan fingerprint density at radius 2 is 1.81 bits per heavy atom. The Kier molecular flexibility index (Phi) is 5.62. The summed E-state index contributed by atoms with van der Waals surface area (Å²) < 4.78 is 19.7. The summed E-state index contributed by atoms with van der Waals surface area (Å²) in [5, 5.41) is 4.07. The van der Waals surface area contributed by atoms with E-state index in [1.165, 1.54) is 40.7 Å². The first-order valence-electron chi connectivity index (χ1n) is 10.0. The summed E-state index contributed by atoms with van der Waals surface area (Å²) in [6.07, 6.45) is 2.19. The Labute approximate surface area is 177 Å². The monoisotopic (exact) mass is 420 g/mol. The number of hydrogen-bond acceptors (Lipinski definition) is 5. The van der Waals surface area contributed by atoms with Gasteiger partial charge in [-0.1, -0.05) is 24.2 Å². The van der Waals surface area contributed by atoms with Crippen molar-refractivity contribution in [3.05, 3.63) is 76.6 Å². The SMILES string of the molecule is CCc1ccc(N(CC)C(=O)Cn2cnc3onc(-c4ccc(F)cc4)c3c2=O)cc1. The molecule has 158 valence electrons. The molecule has 0 atom stereocenters. The number of aryl methyl sites for hydroxylation is 1. The second-order valence-electron chi connectivity index (χ2n) is 7.05. The molecule has 4 aromatic rings. The van der Waals surface area contributed by atoms with Gasteiger partial charge in [-0.2, -0.15) is 0 Å². The molecule has 0 fully saturated rings. The van der Waals surface area contributed by atoms with Gasteiger partial charge in [0.25, 0.3) is 11.3 Å². The number of hydrogen-bond donors (Lipinski definition) is 0. The molecule has 0 aliphatic heterocycles. The molecule has 0 N–H and O–H groups in total. The van der Waals surface area contributed by atoms with Crippen LogP contribution in [0.5, 0.6) is 0 Å². The minimum absolute atomic E-state index is 0.0653. The number of benzene rings is 2. The molecule has 0 aliphatic rings. The maximum atomic E-state index is 13.3. The number of carbonyl (C=O) groups excluding carboxylic acids is 1. The van der Waals surface area contributed by atoms with E-state index in [1.54, 1.807) is 4.90 Å². The van der Waals surface area contributed by atoms with E-state index in [1.807, 2.05) is 31.2 Å². The molecule has 0 bridgehead atoms. The Bertz CT molecular complexity index is 1280. The number of aromatic nitrogens is 3. The molecular weight excluding hydrogens is 399 g/mol. The second kappa shape index (κ2) is 8.51. The summed E-state index contributed by atoms with van der Waals surface area (Å²) >= 11 is 0. The summed E-state index contributed by atoms with van der Waals surface area (Å²) in [5.41, 5.74) is 2.35. The van der Waals surface area contributed by atoms with Gasteiger partial charge in [0.05, 0.1) is 0 Å². The molecule has 0 saturated heterocycles. The number of anilines is 1. The zero-order valence-electron chi connectivity index (χ0n) is 17.2. The zero-order chi connectivity index (χ0) is 22.0. The summed E-state index contributed by atoms with van der Waals surface area (Å²) in [6.45, 7) is 4.22. The van der Waals surface area contributed by atoms with Crippen molar-refractivity contribution in [2.24, 2.45) is 0 Å². The van der Waals surface area contributed by atoms with Crippen molar-refractivity contribution in [3.8, 4) is 11.3 Å². The van der Waals surface area contributed by atoms with Crippen LogP contribution in [0.3, 0.4) is 0 Å². The highest BCUT2D eigenvalue weighted by Crippen LogP contribution is 2.24. The largest absolute Gasteiger partial charge is 0.335 e. The third kappa shape index (κ3) is 3.96. The maximum Gasteiger partial charge on any atom is 0.267 e. The van der Waals surface area contributed by atoms with Gasteiger partial charge >= 0.3 is 0 Å². The molecular formula is C23H21FN4O3. The van der Waals surface area contributed by atoms with Crippen molar-refractivity contribution >= 4 is 22.7 Å². The van der Waals surface area contributed by atoms with Crippen LogP contribution in [0.1, 0.15) is 19.4 Å². The van der Waals surface area contributed by atoms with E-state index >= 15 is 0 Å². The lowest BCUT2D eigenvalue weighted by Gasteiger charge is -2.21. The van der Waals surface area contributed by atoms with Crippen LogP contribution in [0.15, 0.2) is 64.2 Å². The van der Waals surface area contributed by atoms with Crippen molar-refractivity contribution < 1.29 is 13.7 Å². The predicted octanol–water partition coefficient (Wildman–Crippen LogP) is 3.81. The van der Waals surface area contributed by atoms with Crippen LogP contribution in [-0.2, 0) is 17.8 Å². The highest BCUT2D eigenvalue weighted by atomic mass is 19.1. The molecule has 1 amide bonds. The fourth-order valence-electron chi connectivity index (χ4n) is 3.44. The molecule has 0 unspecified atom stereocenters. The predicted molar refractivity (Wildman–Crippen MR) is 115 cm³/mol. The van der Waals surface area contributed by atoms with Crippen LogP contribution < -0.4 is 10.5 Å². The average molecular weight is 420 g/mol. The zero-order valence-corrected chi connectivity index (χ0v) is 17.2. The minimum Gasteiger partial charge on any atom is -0.335 e. The van der Waals surface area contributed by atoms with Crippen LogP contribution in [0.2, 0.25) is 0 Å². The van der Waals surface area contributed by atoms with Crippen LogP contribution in [0.25, 0.3) is 22.4 Å². The summed E-state index contributed by atoms with van der Waals surface area (Å²) in [7, 11) is 0. The number of likely N-dealkylation sites (N-methyl/N-ethyl adjacent to an activating group) is 1. The minimum atomic E-state index is -0.448. The molecule has 0 radical (unpaired) electrons. The van der Waals surface area contributed by atoms with Crippen LogP contribution in [0, 0.1) is 5.82 Å². The van der Waals surface area contributed by atoms with Crippen molar-refractivity contribution in [2.45, 2.75) is 26.8 Å². The molecule has 2 aromatic carbocycles. The van der Waals surface area contributed by atoms with Gasteiger partial charge in [-0.3, -0.25) is 14.2 Å². The molecule has 2 heterocycles. The molecule has 0 aliphatic carbocycles. The molecule has 4 rings (SSSR count). The fourth-order valence-corrected chi connectivity index (χ4v) is 3.44. The van der Waals surface area contributed by atoms with Crippen LogP contribution in [0.4, 0.5) is 10.1 Å². The smallest absolute Gasteiger partial charge is 0.267 e. The van der Waals surface area contributed by atoms with Crippen molar-refractivity contribution in [1.82, 2.24) is 14.7 Å². The number of amides is 1. The number of carbonyl (C=O) groups is 1. The third-order valence-corrected chi connectivity index (χ3v) is 5.16. The number of nitrogens with zero attached hydrogens (tertiary/aromatic N) is 4. The van der Waals surface area contributed by atoms with E-state index in [0.29, 0.717) is 12.1 Å². The first-order valence-corrected chi connectivity index (χ1v) is 10.0. The summed E-state index contributed by atoms with van der Waals surface area (Å²) in [6, 6.07) is 13.3. The van der Waals surface area contributed by atoms with E-state index in [0.717, 1.165) is 12.1 Å². The average Bonchev–Trinajstić information content (AvgIpc) is 3.22. The topological polar surface area (TPSA) is 81.2 Å². The van der Waals surface area contributed by atoms with Gasteiger partial charge in [0, 0.05) is 17.8 Å². The number of fused-ring (bicyclic) bond motifs is 1. The highest BCUT2D eigenvalue weighted by Gasteiger charge is 2.20. The first-order chi connectivity index (χ1) is 15.0. The van der Waals surface area contributed by atoms with Crippen molar-refractivity contribution in [2.75, 3.05) is 11.4 Å². The maximum absolute atomic E-state index is 13.3. The van der Waals surface area contributed by atoms with Crippen molar-refractivity contribution in [1.29, 1.82) is 0 Å². The van der Waals surface area contributed by atoms with E-state index in [-0.39, 0.29) is 29.2 Å². The molecule has 8 heteroatoms. The normalized spacial score (nSPS) is 11.1. The van der Waals surface area contributed by atoms with Gasteiger partial charge in [0.1, 0.15) is 29.8 Å². The van der Waals surface area contributed by atoms with E-state index in [9.17, 15) is 14.0 Å². The second-order valence-corrected chi connectivity index (χ2v) is 7.05. The third-order valence-electron chi connectivity index (χ3n) is 5.16. The molecule has 31 heavy (non-hydrogen) atoms. The van der Waals surface area contributed by atoms with Crippen molar-refractivity contribution in [3.63, 3.8) is 0 Å². The lowest BCUT2D eigenvalue weighted by atomic mass is 10.1. The van der Waals surface area contributed by atoms with Gasteiger partial charge in [-0.15, -0.1) is 0 Å². The molecule has 2 aromatic heterocycles. The standard InChI is InChI=1S/C23H21FN4O3/c1-3-15-5-11-18(12-6-15)28(4-2)19(29)13-27-14-25-22-20(23(27)30)21(26-31-22)16-7-9-17(24)10-8-16/h5-12,14H,3-4,13H2,1-2H3. The Morgan fingerprint density at radius 1 is 1.10 bits per heavy atom. The molecule has 0 saturated carbocycles. The lowest BCUT2D eigenvalue weighted by Crippen LogP contribution is -2.36. The van der Waals surface area contributed by atoms with Gasteiger partial charge < -0.3 is 9.42 Å². The Morgan fingerprint density at radius 3 is 2.45 bits per heavy atom. The van der Waals surface area contributed by atoms with Gasteiger partial charge in [-0.25, -0.2) is 9.37 Å². The van der Waals surface area contributed by atoms with E-state index < -0.39 is 11.4 Å². The van der Waals surface area contributed by atoms with E-state index in [4.69, 9.17) is 4.52 Å². The first kappa shape index (κ1) is 20.5. The lowest BCUT2D eigenvalue weighted by molar-refractivity contribution is -0.119. The van der Waals surface area contributed by atoms with Gasteiger partial charge in [-0.05, 0) is 55.3 Å². The Hall–Kier alpha value is -3.81. The summed E-state index contributed by atoms with van der Waals surface area (Å²) in [5.74, 6) is -0.640. The molecule has 7 nitrogen and oxygen atoms in total. The van der Waals surface area contributed by atoms with Gasteiger partial charge in [0.15, 0.2) is 0 Å². The van der Waals surface area contributed by atoms with Crippen LogP contribution >= 0.6 is 0 Å². The van der Waals surface area contributed by atoms with E-state index in [2.05, 4.69) is 17.1 Å². The summed E-state index contributed by atoms with van der Waals surface area (Å²) in [4.78, 5) is 31.8. The molecule has 0 spiro atoms.